The van der Waals surface area contributed by atoms with E-state index in [-0.39, 0.29) is 11.3 Å². The van der Waals surface area contributed by atoms with Gasteiger partial charge in [0.25, 0.3) is 11.7 Å². The number of likely N-dealkylation sites (N-methyl/N-ethyl adjacent to an activating group) is 1. The summed E-state index contributed by atoms with van der Waals surface area (Å²) >= 11 is 0. The Morgan fingerprint density at radius 2 is 1.77 bits per heavy atom. The lowest BCUT2D eigenvalue weighted by molar-refractivity contribution is -0.895. The lowest BCUT2D eigenvalue weighted by atomic mass is 9.99. The maximum Gasteiger partial charge on any atom is 0.295 e. The van der Waals surface area contributed by atoms with Crippen LogP contribution in [0.4, 0.5) is 0 Å². The molecule has 7 nitrogen and oxygen atoms in total. The molecule has 31 heavy (non-hydrogen) atoms. The molecule has 166 valence electrons. The summed E-state index contributed by atoms with van der Waals surface area (Å²) in [6, 6.07) is 9.61. The molecule has 2 N–H and O–H groups in total. The molecule has 0 spiro atoms. The number of amides is 1. The second kappa shape index (κ2) is 9.83. The molecule has 1 aromatic carbocycles. The molecule has 1 aliphatic heterocycles. The number of ketones is 1. The molecule has 2 heterocycles. The second-order valence-corrected chi connectivity index (χ2v) is 7.61. The van der Waals surface area contributed by atoms with Crippen LogP contribution in [0.1, 0.15) is 43.9 Å². The molecule has 1 atom stereocenters. The van der Waals surface area contributed by atoms with Crippen LogP contribution >= 0.6 is 0 Å². The summed E-state index contributed by atoms with van der Waals surface area (Å²) in [5, 5.41) is 11.0. The number of hydrogen-bond donors (Lipinski definition) is 2. The van der Waals surface area contributed by atoms with Crippen molar-refractivity contribution < 1.29 is 28.7 Å². The van der Waals surface area contributed by atoms with Crippen molar-refractivity contribution in [2.75, 3.05) is 32.8 Å². The summed E-state index contributed by atoms with van der Waals surface area (Å²) in [5.74, 6) is 0.297. The van der Waals surface area contributed by atoms with Crippen LogP contribution in [0.25, 0.3) is 5.76 Å². The first-order valence-electron chi connectivity index (χ1n) is 10.8. The summed E-state index contributed by atoms with van der Waals surface area (Å²) in [4.78, 5) is 28.8. The van der Waals surface area contributed by atoms with Crippen LogP contribution in [0.5, 0.6) is 5.75 Å². The number of carbonyl (C=O) groups excluding carboxylic acids is 2. The highest BCUT2D eigenvalue weighted by Gasteiger charge is 2.47. The van der Waals surface area contributed by atoms with E-state index < -0.39 is 17.7 Å². The summed E-state index contributed by atoms with van der Waals surface area (Å²) < 4.78 is 11.2. The Morgan fingerprint density at radius 1 is 1.10 bits per heavy atom. The SMILES string of the molecule is CCOc1ccc(/C(O)=C2\C(=O)C(=O)N(CC[NH+](CC)CC)[C@H]2c2ccc(C)o2)cc1. The van der Waals surface area contributed by atoms with E-state index in [0.717, 1.165) is 13.1 Å². The monoisotopic (exact) mass is 427 g/mol. The van der Waals surface area contributed by atoms with Crippen molar-refractivity contribution in [2.24, 2.45) is 0 Å². The third-order valence-electron chi connectivity index (χ3n) is 5.72. The van der Waals surface area contributed by atoms with E-state index >= 15 is 0 Å². The quantitative estimate of drug-likeness (QED) is 0.365. The molecule has 0 unspecified atom stereocenters. The molecule has 0 saturated carbocycles. The lowest BCUT2D eigenvalue weighted by Gasteiger charge is -2.25. The molecule has 0 bridgehead atoms. The Hall–Kier alpha value is -3.06. The van der Waals surface area contributed by atoms with E-state index in [0.29, 0.717) is 42.5 Å². The van der Waals surface area contributed by atoms with Gasteiger partial charge in [-0.3, -0.25) is 9.59 Å². The average Bonchev–Trinajstić information content (AvgIpc) is 3.30. The summed E-state index contributed by atoms with van der Waals surface area (Å²) in [6.07, 6.45) is 0. The molecule has 1 aromatic heterocycles. The largest absolute Gasteiger partial charge is 0.507 e. The van der Waals surface area contributed by atoms with Gasteiger partial charge in [0.15, 0.2) is 0 Å². The number of nitrogens with zero attached hydrogens (tertiary/aromatic N) is 1. The summed E-state index contributed by atoms with van der Waals surface area (Å²) in [6.45, 7) is 11.4. The van der Waals surface area contributed by atoms with Crippen molar-refractivity contribution in [2.45, 2.75) is 33.7 Å². The number of nitrogens with one attached hydrogen (secondary N) is 1. The number of hydrogen-bond acceptors (Lipinski definition) is 5. The summed E-state index contributed by atoms with van der Waals surface area (Å²) in [5.41, 5.74) is 0.502. The zero-order valence-electron chi connectivity index (χ0n) is 18.6. The molecular formula is C24H31N2O5+. The van der Waals surface area contributed by atoms with E-state index in [1.54, 1.807) is 36.4 Å². The Bertz CT molecular complexity index is 957. The first-order chi connectivity index (χ1) is 14.9. The van der Waals surface area contributed by atoms with Gasteiger partial charge in [0, 0.05) is 5.56 Å². The predicted octanol–water partition coefficient (Wildman–Crippen LogP) is 2.33. The van der Waals surface area contributed by atoms with Crippen molar-refractivity contribution in [1.29, 1.82) is 0 Å². The number of quaternary nitrogens is 1. The number of benzene rings is 1. The number of aliphatic hydroxyl groups is 1. The first kappa shape index (κ1) is 22.6. The van der Waals surface area contributed by atoms with Crippen molar-refractivity contribution in [1.82, 2.24) is 4.90 Å². The number of carbonyl (C=O) groups is 2. The van der Waals surface area contributed by atoms with Crippen LogP contribution in [0.15, 0.2) is 46.4 Å². The fourth-order valence-corrected chi connectivity index (χ4v) is 3.92. The average molecular weight is 428 g/mol. The zero-order valence-corrected chi connectivity index (χ0v) is 18.6. The second-order valence-electron chi connectivity index (χ2n) is 7.61. The van der Waals surface area contributed by atoms with Crippen LogP contribution in [0.3, 0.4) is 0 Å². The highest BCUT2D eigenvalue weighted by molar-refractivity contribution is 6.46. The lowest BCUT2D eigenvalue weighted by Crippen LogP contribution is -3.12. The molecule has 1 amide bonds. The smallest absolute Gasteiger partial charge is 0.295 e. The van der Waals surface area contributed by atoms with Gasteiger partial charge in [-0.15, -0.1) is 0 Å². The molecular weight excluding hydrogens is 396 g/mol. The Morgan fingerprint density at radius 3 is 2.32 bits per heavy atom. The first-order valence-corrected chi connectivity index (χ1v) is 10.8. The van der Waals surface area contributed by atoms with Gasteiger partial charge in [0.1, 0.15) is 29.1 Å². The van der Waals surface area contributed by atoms with Gasteiger partial charge < -0.3 is 24.1 Å². The van der Waals surface area contributed by atoms with Crippen LogP contribution < -0.4 is 9.64 Å². The predicted molar refractivity (Wildman–Crippen MR) is 117 cm³/mol. The number of likely N-dealkylation sites (tertiary alicyclic amines) is 1. The van der Waals surface area contributed by atoms with Gasteiger partial charge in [-0.25, -0.2) is 0 Å². The Labute approximate surface area is 182 Å². The van der Waals surface area contributed by atoms with Crippen LogP contribution in [-0.4, -0.2) is 54.5 Å². The van der Waals surface area contributed by atoms with E-state index in [4.69, 9.17) is 9.15 Å². The van der Waals surface area contributed by atoms with E-state index in [2.05, 4.69) is 13.8 Å². The number of aryl methyl sites for hydroxylation is 1. The summed E-state index contributed by atoms with van der Waals surface area (Å²) in [7, 11) is 0. The van der Waals surface area contributed by atoms with Gasteiger partial charge in [0.2, 0.25) is 0 Å². The topological polar surface area (TPSA) is 84.4 Å². The molecule has 2 aromatic rings. The Balaban J connectivity index is 2.03. The fraction of sp³-hybridized carbons (Fsp3) is 0.417. The van der Waals surface area contributed by atoms with E-state index in [1.807, 2.05) is 13.8 Å². The normalized spacial score (nSPS) is 18.2. The minimum absolute atomic E-state index is 0.0538. The van der Waals surface area contributed by atoms with Crippen molar-refractivity contribution in [3.05, 3.63) is 59.1 Å². The third kappa shape index (κ3) is 4.66. The standard InChI is InChI=1S/C24H30N2O5/c1-5-25(6-2)14-15-26-21(19-13-8-16(4)31-19)20(23(28)24(26)29)22(27)17-9-11-18(12-10-17)30-7-3/h8-13,21,27H,5-7,14-15H2,1-4H3/p+1/b22-20+/t21-/m0/s1. The number of rotatable bonds is 9. The number of furan rings is 1. The molecule has 1 aliphatic rings. The highest BCUT2D eigenvalue weighted by atomic mass is 16.5. The van der Waals surface area contributed by atoms with Gasteiger partial charge in [-0.05, 0) is 64.1 Å². The number of Topliss-reactive ketones (excluding diaryl/α,β-unsaturated/α-hetero) is 1. The minimum atomic E-state index is -0.754. The molecule has 7 heteroatoms. The van der Waals surface area contributed by atoms with Crippen LogP contribution in [-0.2, 0) is 9.59 Å². The number of aliphatic hydroxyl groups excluding tert-OH is 1. The van der Waals surface area contributed by atoms with E-state index in [9.17, 15) is 14.7 Å². The van der Waals surface area contributed by atoms with Gasteiger partial charge in [-0.2, -0.15) is 0 Å². The van der Waals surface area contributed by atoms with E-state index in [1.165, 1.54) is 9.80 Å². The minimum Gasteiger partial charge on any atom is -0.507 e. The fourth-order valence-electron chi connectivity index (χ4n) is 3.92. The zero-order chi connectivity index (χ0) is 22.5. The molecule has 1 saturated heterocycles. The molecule has 1 fully saturated rings. The molecule has 3 rings (SSSR count). The van der Waals surface area contributed by atoms with Crippen LogP contribution in [0, 0.1) is 6.92 Å². The van der Waals surface area contributed by atoms with Crippen LogP contribution in [0.2, 0.25) is 0 Å². The van der Waals surface area contributed by atoms with Crippen molar-refractivity contribution in [3.63, 3.8) is 0 Å². The Kier molecular flexibility index (Phi) is 7.17. The van der Waals surface area contributed by atoms with Gasteiger partial charge in [0.05, 0.1) is 38.4 Å². The van der Waals surface area contributed by atoms with Crippen molar-refractivity contribution >= 4 is 17.4 Å². The van der Waals surface area contributed by atoms with Gasteiger partial charge in [-0.1, -0.05) is 0 Å². The van der Waals surface area contributed by atoms with Gasteiger partial charge >= 0.3 is 0 Å². The van der Waals surface area contributed by atoms with Crippen molar-refractivity contribution in [3.8, 4) is 5.75 Å². The maximum atomic E-state index is 13.0. The molecule has 0 radical (unpaired) electrons. The molecule has 0 aliphatic carbocycles. The highest BCUT2D eigenvalue weighted by Crippen LogP contribution is 2.39. The third-order valence-corrected chi connectivity index (χ3v) is 5.72. The number of ether oxygens (including phenoxy) is 1. The maximum absolute atomic E-state index is 13.0.